The number of amides is 1. The van der Waals surface area contributed by atoms with E-state index in [2.05, 4.69) is 33.0 Å². The molecule has 9 nitrogen and oxygen atoms in total. The van der Waals surface area contributed by atoms with Gasteiger partial charge in [-0.2, -0.15) is 0 Å². The minimum atomic E-state index is -3.77. The summed E-state index contributed by atoms with van der Waals surface area (Å²) >= 11 is 0. The van der Waals surface area contributed by atoms with Crippen molar-refractivity contribution in [2.75, 3.05) is 58.4 Å². The van der Waals surface area contributed by atoms with Crippen LogP contribution in [0.5, 0.6) is 0 Å². The monoisotopic (exact) mass is 599 g/mol. The van der Waals surface area contributed by atoms with Crippen LogP contribution in [0.4, 0.5) is 36.2 Å². The minimum absolute atomic E-state index is 0.0554. The van der Waals surface area contributed by atoms with Crippen molar-refractivity contribution in [1.82, 2.24) is 4.98 Å². The van der Waals surface area contributed by atoms with Crippen LogP contribution in [-0.4, -0.2) is 77.0 Å². The van der Waals surface area contributed by atoms with Crippen molar-refractivity contribution in [3.63, 3.8) is 0 Å². The van der Waals surface area contributed by atoms with Gasteiger partial charge >= 0.3 is 0 Å². The molecule has 3 N–H and O–H groups in total. The van der Waals surface area contributed by atoms with E-state index in [1.807, 2.05) is 0 Å². The van der Waals surface area contributed by atoms with E-state index in [1.165, 1.54) is 30.0 Å². The maximum atomic E-state index is 14.9. The van der Waals surface area contributed by atoms with Gasteiger partial charge in [0, 0.05) is 39.0 Å². The molecular formula is C26H36F3N5O4SSi. The molecule has 2 saturated heterocycles. The number of anilines is 4. The number of aliphatic hydroxyl groups is 1. The number of piperidine rings is 1. The van der Waals surface area contributed by atoms with Crippen molar-refractivity contribution < 1.29 is 31.5 Å². The Morgan fingerprint density at radius 1 is 1.10 bits per heavy atom. The number of aliphatic hydroxyl groups excluding tert-OH is 1. The quantitative estimate of drug-likeness (QED) is 0.388. The third-order valence-corrected chi connectivity index (χ3v) is 11.9. The zero-order valence-corrected chi connectivity index (χ0v) is 24.8. The molecule has 0 aliphatic carbocycles. The molecule has 4 rings (SSSR count). The lowest BCUT2D eigenvalue weighted by atomic mass is 10.1. The fourth-order valence-corrected chi connectivity index (χ4v) is 7.72. The van der Waals surface area contributed by atoms with E-state index in [0.29, 0.717) is 18.8 Å². The summed E-state index contributed by atoms with van der Waals surface area (Å²) in [6, 6.07) is 7.99. The van der Waals surface area contributed by atoms with E-state index in [1.54, 1.807) is 6.07 Å². The third kappa shape index (κ3) is 7.26. The smallest absolute Gasteiger partial charge is 0.258 e. The first-order valence-corrected chi connectivity index (χ1v) is 18.4. The molecule has 40 heavy (non-hydrogen) atoms. The summed E-state index contributed by atoms with van der Waals surface area (Å²) in [6.07, 6.45) is -0.811. The molecular weight excluding hydrogens is 563 g/mol. The Bertz CT molecular complexity index is 1360. The van der Waals surface area contributed by atoms with Gasteiger partial charge in [-0.3, -0.25) is 9.52 Å². The molecule has 2 aliphatic rings. The number of hydrogen-bond acceptors (Lipinski definition) is 7. The van der Waals surface area contributed by atoms with E-state index >= 15 is 0 Å². The summed E-state index contributed by atoms with van der Waals surface area (Å²) in [7, 11) is -5.13. The van der Waals surface area contributed by atoms with Crippen molar-refractivity contribution in [2.45, 2.75) is 50.9 Å². The molecule has 1 aromatic carbocycles. The Labute approximate surface area is 233 Å². The first-order valence-electron chi connectivity index (χ1n) is 13.3. The van der Waals surface area contributed by atoms with Gasteiger partial charge in [0.25, 0.3) is 11.8 Å². The van der Waals surface area contributed by atoms with Crippen LogP contribution < -0.4 is 19.8 Å². The molecule has 1 aromatic heterocycles. The number of nitrogens with zero attached hydrogens (tertiary/aromatic N) is 3. The summed E-state index contributed by atoms with van der Waals surface area (Å²) in [5, 5.41) is 11.8. The number of hydrogen-bond donors (Lipinski definition) is 3. The molecule has 0 bridgehead atoms. The Hall–Kier alpha value is -2.84. The predicted octanol–water partition coefficient (Wildman–Crippen LogP) is 4.28. The zero-order valence-electron chi connectivity index (χ0n) is 22.9. The summed E-state index contributed by atoms with van der Waals surface area (Å²) in [5.41, 5.74) is 1.31. The highest BCUT2D eigenvalue weighted by molar-refractivity contribution is 7.92. The van der Waals surface area contributed by atoms with Crippen LogP contribution in [0.15, 0.2) is 24.3 Å². The van der Waals surface area contributed by atoms with Crippen LogP contribution in [-0.2, 0) is 10.0 Å². The molecule has 1 amide bonds. The normalized spacial score (nSPS) is 18.9. The maximum absolute atomic E-state index is 14.9. The molecule has 2 fully saturated rings. The number of carbonyl (C=O) groups excluding carboxylic acids is 1. The number of pyridine rings is 1. The minimum Gasteiger partial charge on any atom is -0.395 e. The predicted molar refractivity (Wildman–Crippen MR) is 154 cm³/mol. The molecule has 3 heterocycles. The highest BCUT2D eigenvalue weighted by Gasteiger charge is 2.35. The molecule has 220 valence electrons. The first-order chi connectivity index (χ1) is 18.7. The van der Waals surface area contributed by atoms with Crippen molar-refractivity contribution in [2.24, 2.45) is 0 Å². The van der Waals surface area contributed by atoms with Gasteiger partial charge in [-0.15, -0.1) is 0 Å². The SMILES string of the molecule is Cc1cc(NC(=O)c2ccc(NS(=O)(=O)CCO)cc2N2CC[Si](C)(C)CC2)nc(N2CCC(F)(F)CC2)c1F. The van der Waals surface area contributed by atoms with Crippen LogP contribution in [0.2, 0.25) is 25.2 Å². The zero-order chi connectivity index (χ0) is 29.3. The fourth-order valence-electron chi connectivity index (χ4n) is 4.90. The Balaban J connectivity index is 1.63. The second kappa shape index (κ2) is 11.6. The summed E-state index contributed by atoms with van der Waals surface area (Å²) in [5.74, 6) is -4.39. The van der Waals surface area contributed by atoms with Gasteiger partial charge in [0.05, 0.1) is 37.4 Å². The molecule has 0 radical (unpaired) electrons. The highest BCUT2D eigenvalue weighted by atomic mass is 32.2. The molecule has 14 heteroatoms. The van der Waals surface area contributed by atoms with Gasteiger partial charge in [-0.1, -0.05) is 13.1 Å². The summed E-state index contributed by atoms with van der Waals surface area (Å²) in [4.78, 5) is 21.3. The molecule has 0 unspecified atom stereocenters. The van der Waals surface area contributed by atoms with Crippen LogP contribution in [0.1, 0.15) is 28.8 Å². The van der Waals surface area contributed by atoms with Crippen molar-refractivity contribution in [1.29, 1.82) is 0 Å². The van der Waals surface area contributed by atoms with E-state index in [9.17, 15) is 26.4 Å². The Morgan fingerprint density at radius 2 is 1.75 bits per heavy atom. The van der Waals surface area contributed by atoms with Crippen LogP contribution in [0.25, 0.3) is 0 Å². The lowest BCUT2D eigenvalue weighted by molar-refractivity contribution is -0.0222. The maximum Gasteiger partial charge on any atom is 0.258 e. The number of aromatic nitrogens is 1. The largest absolute Gasteiger partial charge is 0.395 e. The average molecular weight is 600 g/mol. The van der Waals surface area contributed by atoms with Gasteiger partial charge in [-0.05, 0) is 48.8 Å². The number of halogens is 3. The number of alkyl halides is 2. The number of benzene rings is 1. The molecule has 0 saturated carbocycles. The summed E-state index contributed by atoms with van der Waals surface area (Å²) in [6.45, 7) is 6.92. The average Bonchev–Trinajstić information content (AvgIpc) is 2.86. The van der Waals surface area contributed by atoms with E-state index < -0.39 is 60.9 Å². The Kier molecular flexibility index (Phi) is 8.71. The molecule has 2 aliphatic heterocycles. The highest BCUT2D eigenvalue weighted by Crippen LogP contribution is 2.34. The van der Waals surface area contributed by atoms with Gasteiger partial charge in [-0.25, -0.2) is 26.6 Å². The number of carbonyl (C=O) groups is 1. The van der Waals surface area contributed by atoms with Crippen LogP contribution in [0.3, 0.4) is 0 Å². The standard InChI is InChI=1S/C26H36F3N5O4SSi/c1-18-16-22(30-24(23(18)27)34-8-6-26(28,29)7-9-34)31-25(36)20-5-4-19(32-39(37,38)13-12-35)17-21(20)33-10-14-40(2,3)15-11-33/h4-5,16-17,32,35H,6-15H2,1-3H3,(H,30,31,36). The number of nitrogens with one attached hydrogen (secondary N) is 2. The van der Waals surface area contributed by atoms with Crippen molar-refractivity contribution in [3.05, 3.63) is 41.2 Å². The number of rotatable bonds is 8. The van der Waals surface area contributed by atoms with Crippen molar-refractivity contribution in [3.8, 4) is 0 Å². The van der Waals surface area contributed by atoms with Crippen LogP contribution in [0, 0.1) is 12.7 Å². The second-order valence-corrected chi connectivity index (χ2v) is 18.5. The number of aryl methyl sites for hydroxylation is 1. The summed E-state index contributed by atoms with van der Waals surface area (Å²) < 4.78 is 69.2. The lowest BCUT2D eigenvalue weighted by Crippen LogP contribution is -2.43. The molecule has 0 spiro atoms. The Morgan fingerprint density at radius 3 is 2.38 bits per heavy atom. The van der Waals surface area contributed by atoms with Crippen molar-refractivity contribution >= 4 is 47.0 Å². The second-order valence-electron chi connectivity index (χ2n) is 11.3. The van der Waals surface area contributed by atoms with E-state index in [-0.39, 0.29) is 41.5 Å². The third-order valence-electron chi connectivity index (χ3n) is 7.49. The van der Waals surface area contributed by atoms with Crippen LogP contribution >= 0.6 is 0 Å². The molecule has 0 atom stereocenters. The van der Waals surface area contributed by atoms with Gasteiger partial charge in [0.15, 0.2) is 11.6 Å². The number of sulfonamides is 1. The fraction of sp³-hybridized carbons (Fsp3) is 0.538. The molecule has 2 aromatic rings. The topological polar surface area (TPSA) is 115 Å². The van der Waals surface area contributed by atoms with E-state index in [4.69, 9.17) is 5.11 Å². The van der Waals surface area contributed by atoms with Gasteiger partial charge < -0.3 is 20.2 Å². The van der Waals surface area contributed by atoms with Gasteiger partial charge in [0.2, 0.25) is 10.0 Å². The lowest BCUT2D eigenvalue weighted by Gasteiger charge is -2.38. The van der Waals surface area contributed by atoms with Gasteiger partial charge in [0.1, 0.15) is 5.82 Å². The van der Waals surface area contributed by atoms with E-state index in [0.717, 1.165) is 12.1 Å². The first kappa shape index (κ1) is 30.1.